The summed E-state index contributed by atoms with van der Waals surface area (Å²) in [7, 11) is 0. The minimum Gasteiger partial charge on any atom is -0.456 e. The number of benzene rings is 9. The fourth-order valence-electron chi connectivity index (χ4n) is 8.29. The van der Waals surface area contributed by atoms with E-state index in [0.29, 0.717) is 0 Å². The van der Waals surface area contributed by atoms with E-state index >= 15 is 0 Å². The van der Waals surface area contributed by atoms with Gasteiger partial charge in [-0.15, -0.1) is 11.3 Å². The molecule has 0 aliphatic rings. The molecule has 2 aromatic heterocycles. The van der Waals surface area contributed by atoms with Crippen LogP contribution in [0, 0.1) is 0 Å². The number of hydrogen-bond acceptors (Lipinski definition) is 4. The molecule has 0 amide bonds. The van der Waals surface area contributed by atoms with Crippen LogP contribution in [0.2, 0.25) is 0 Å². The van der Waals surface area contributed by atoms with E-state index in [1.807, 2.05) is 11.3 Å². The summed E-state index contributed by atoms with van der Waals surface area (Å²) < 4.78 is 9.20. The van der Waals surface area contributed by atoms with E-state index in [-0.39, 0.29) is 0 Å². The number of thiophene rings is 1. The Balaban J connectivity index is 0.979. The van der Waals surface area contributed by atoms with Gasteiger partial charge < -0.3 is 14.2 Å². The minimum atomic E-state index is 0.862. The molecule has 0 unspecified atom stereocenters. The van der Waals surface area contributed by atoms with Gasteiger partial charge in [-0.05, 0) is 113 Å². The van der Waals surface area contributed by atoms with Crippen LogP contribution in [-0.4, -0.2) is 0 Å². The Bertz CT molecular complexity index is 3170. The highest BCUT2D eigenvalue weighted by Crippen LogP contribution is 2.45. The number of fused-ring (bicyclic) bond motifs is 6. The van der Waals surface area contributed by atoms with E-state index in [4.69, 9.17) is 4.42 Å². The molecule has 0 aliphatic carbocycles. The third-order valence-corrected chi connectivity index (χ3v) is 12.2. The predicted molar refractivity (Wildman–Crippen MR) is 247 cm³/mol. The lowest BCUT2D eigenvalue weighted by Gasteiger charge is -2.26. The summed E-state index contributed by atoms with van der Waals surface area (Å²) in [5, 5.41) is 4.78. The van der Waals surface area contributed by atoms with Crippen LogP contribution in [0.25, 0.3) is 64.4 Å². The molecule has 0 saturated carbocycles. The summed E-state index contributed by atoms with van der Waals surface area (Å²) in [5.74, 6) is 0. The zero-order chi connectivity index (χ0) is 38.4. The molecule has 0 spiro atoms. The normalized spacial score (nSPS) is 11.4. The molecular formula is C54H36N2OS. The molecule has 0 aliphatic heterocycles. The first kappa shape index (κ1) is 33.9. The van der Waals surface area contributed by atoms with Crippen molar-refractivity contribution in [2.45, 2.75) is 0 Å². The fraction of sp³-hybridized carbons (Fsp3) is 0. The van der Waals surface area contributed by atoms with Crippen molar-refractivity contribution in [1.82, 2.24) is 0 Å². The summed E-state index contributed by atoms with van der Waals surface area (Å²) in [6.45, 7) is 0. The van der Waals surface area contributed by atoms with Crippen LogP contribution in [0.1, 0.15) is 0 Å². The molecule has 58 heavy (non-hydrogen) atoms. The molecule has 2 heterocycles. The number of nitrogens with zero attached hydrogens (tertiary/aromatic N) is 2. The maximum Gasteiger partial charge on any atom is 0.137 e. The summed E-state index contributed by atoms with van der Waals surface area (Å²) in [5.41, 5.74) is 12.9. The van der Waals surface area contributed by atoms with Gasteiger partial charge in [0.05, 0.1) is 11.1 Å². The molecule has 0 saturated heterocycles. The van der Waals surface area contributed by atoms with Crippen LogP contribution in [0.4, 0.5) is 34.1 Å². The first-order chi connectivity index (χ1) is 28.7. The van der Waals surface area contributed by atoms with Gasteiger partial charge in [0.1, 0.15) is 11.2 Å². The third kappa shape index (κ3) is 5.99. The highest BCUT2D eigenvalue weighted by atomic mass is 32.1. The number of furan rings is 1. The molecule has 274 valence electrons. The van der Waals surface area contributed by atoms with Gasteiger partial charge in [-0.1, -0.05) is 127 Å². The summed E-state index contributed by atoms with van der Waals surface area (Å²) in [6.07, 6.45) is 0. The topological polar surface area (TPSA) is 19.6 Å². The molecule has 3 nitrogen and oxygen atoms in total. The van der Waals surface area contributed by atoms with Crippen molar-refractivity contribution in [3.8, 4) is 22.3 Å². The molecule has 11 rings (SSSR count). The molecule has 9 aromatic carbocycles. The Morgan fingerprint density at radius 2 is 0.828 bits per heavy atom. The van der Waals surface area contributed by atoms with Gasteiger partial charge in [-0.3, -0.25) is 0 Å². The molecule has 4 heteroatoms. The van der Waals surface area contributed by atoms with Crippen molar-refractivity contribution in [2.24, 2.45) is 0 Å². The van der Waals surface area contributed by atoms with Gasteiger partial charge in [0.25, 0.3) is 0 Å². The average molecular weight is 761 g/mol. The zero-order valence-corrected chi connectivity index (χ0v) is 32.3. The largest absolute Gasteiger partial charge is 0.456 e. The number of anilines is 6. The van der Waals surface area contributed by atoms with Crippen LogP contribution in [-0.2, 0) is 0 Å². The van der Waals surface area contributed by atoms with E-state index in [0.717, 1.165) is 67.2 Å². The van der Waals surface area contributed by atoms with Gasteiger partial charge in [0.2, 0.25) is 0 Å². The van der Waals surface area contributed by atoms with Crippen LogP contribution < -0.4 is 9.80 Å². The quantitative estimate of drug-likeness (QED) is 0.154. The Kier molecular flexibility index (Phi) is 8.34. The molecule has 0 radical (unpaired) electrons. The van der Waals surface area contributed by atoms with Crippen LogP contribution in [0.5, 0.6) is 0 Å². The Morgan fingerprint density at radius 1 is 0.310 bits per heavy atom. The van der Waals surface area contributed by atoms with Crippen molar-refractivity contribution >= 4 is 87.6 Å². The third-order valence-electron chi connectivity index (χ3n) is 11.1. The van der Waals surface area contributed by atoms with Crippen molar-refractivity contribution < 1.29 is 4.42 Å². The molecule has 0 atom stereocenters. The number of rotatable bonds is 8. The van der Waals surface area contributed by atoms with Crippen molar-refractivity contribution in [2.75, 3.05) is 9.80 Å². The highest BCUT2D eigenvalue weighted by molar-refractivity contribution is 7.25. The Hall–Kier alpha value is -7.40. The van der Waals surface area contributed by atoms with Crippen molar-refractivity contribution in [1.29, 1.82) is 0 Å². The average Bonchev–Trinajstić information content (AvgIpc) is 3.86. The lowest BCUT2D eigenvalue weighted by atomic mass is 10.0. The van der Waals surface area contributed by atoms with Crippen LogP contribution >= 0.6 is 11.3 Å². The standard InChI is InChI=1S/C54H36N2OS/c1-4-13-37(14-5-1)38-23-28-43(29-24-38)55(45-32-34-47-46-19-10-11-22-52(46)58-53(47)36-45)44-30-25-39(26-31-44)40-27-33-48-51(35-40)57-50-21-12-20-49(54(48)50)56(41-15-6-2-7-16-41)42-17-8-3-9-18-42/h1-36H. The maximum atomic E-state index is 6.62. The molecule has 11 aromatic rings. The van der Waals surface area contributed by atoms with Gasteiger partial charge in [0.15, 0.2) is 0 Å². The fourth-order valence-corrected chi connectivity index (χ4v) is 9.43. The molecule has 0 fully saturated rings. The Morgan fingerprint density at radius 3 is 1.52 bits per heavy atom. The van der Waals surface area contributed by atoms with Gasteiger partial charge >= 0.3 is 0 Å². The second-order valence-corrected chi connectivity index (χ2v) is 15.6. The number of para-hydroxylation sites is 2. The lowest BCUT2D eigenvalue weighted by Crippen LogP contribution is -2.09. The lowest BCUT2D eigenvalue weighted by molar-refractivity contribution is 0.669. The van der Waals surface area contributed by atoms with E-state index < -0.39 is 0 Å². The monoisotopic (exact) mass is 760 g/mol. The molecule has 0 bridgehead atoms. The first-order valence-corrected chi connectivity index (χ1v) is 20.4. The molecule has 0 N–H and O–H groups in total. The van der Waals surface area contributed by atoms with Crippen molar-refractivity contribution in [3.63, 3.8) is 0 Å². The second-order valence-electron chi connectivity index (χ2n) is 14.5. The number of hydrogen-bond donors (Lipinski definition) is 0. The van der Waals surface area contributed by atoms with E-state index in [2.05, 4.69) is 228 Å². The second kappa shape index (κ2) is 14.3. The van der Waals surface area contributed by atoms with E-state index in [9.17, 15) is 0 Å². The zero-order valence-electron chi connectivity index (χ0n) is 31.5. The highest BCUT2D eigenvalue weighted by Gasteiger charge is 2.20. The van der Waals surface area contributed by atoms with Gasteiger partial charge in [-0.2, -0.15) is 0 Å². The van der Waals surface area contributed by atoms with Crippen LogP contribution in [0.15, 0.2) is 223 Å². The first-order valence-electron chi connectivity index (χ1n) is 19.6. The van der Waals surface area contributed by atoms with E-state index in [1.54, 1.807) is 0 Å². The summed E-state index contributed by atoms with van der Waals surface area (Å²) >= 11 is 1.85. The van der Waals surface area contributed by atoms with Crippen LogP contribution in [0.3, 0.4) is 0 Å². The summed E-state index contributed by atoms with van der Waals surface area (Å²) in [6, 6.07) is 77.9. The van der Waals surface area contributed by atoms with Gasteiger partial charge in [-0.25, -0.2) is 0 Å². The Labute approximate surface area is 340 Å². The molecular weight excluding hydrogens is 725 g/mol. The van der Waals surface area contributed by atoms with Crippen molar-refractivity contribution in [3.05, 3.63) is 218 Å². The van der Waals surface area contributed by atoms with Gasteiger partial charge in [0, 0.05) is 54.0 Å². The minimum absolute atomic E-state index is 0.862. The predicted octanol–water partition coefficient (Wildman–Crippen LogP) is 16.2. The SMILES string of the molecule is c1ccc(-c2ccc(N(c3ccc(-c4ccc5c(c4)oc4cccc(N(c6ccccc6)c6ccccc6)c45)cc3)c3ccc4c(c3)sc3ccccc34)cc2)cc1. The summed E-state index contributed by atoms with van der Waals surface area (Å²) in [4.78, 5) is 4.67. The smallest absolute Gasteiger partial charge is 0.137 e. The van der Waals surface area contributed by atoms with E-state index in [1.165, 1.54) is 31.3 Å². The maximum absolute atomic E-state index is 6.62.